The van der Waals surface area contributed by atoms with Gasteiger partial charge in [-0.05, 0) is 25.0 Å². The quantitative estimate of drug-likeness (QED) is 0.236. The highest BCUT2D eigenvalue weighted by Crippen LogP contribution is 2.32. The average Bonchev–Trinajstić information content (AvgIpc) is 2.72. The van der Waals surface area contributed by atoms with E-state index in [1.54, 1.807) is 0 Å². The van der Waals surface area contributed by atoms with E-state index in [0.717, 1.165) is 48.7 Å². The van der Waals surface area contributed by atoms with E-state index in [-0.39, 0.29) is 0 Å². The molecule has 0 bridgehead atoms. The van der Waals surface area contributed by atoms with E-state index in [1.165, 1.54) is 64.2 Å². The van der Waals surface area contributed by atoms with E-state index in [2.05, 4.69) is 27.0 Å². The van der Waals surface area contributed by atoms with Crippen LogP contribution in [0, 0.1) is 0 Å². The van der Waals surface area contributed by atoms with Crippen molar-refractivity contribution in [2.24, 2.45) is 0 Å². The lowest BCUT2D eigenvalue weighted by Crippen LogP contribution is -2.03. The van der Waals surface area contributed by atoms with Crippen LogP contribution >= 0.6 is 0 Å². The van der Waals surface area contributed by atoms with Gasteiger partial charge in [0.1, 0.15) is 11.5 Å². The van der Waals surface area contributed by atoms with Crippen molar-refractivity contribution in [1.82, 2.24) is 0 Å². The van der Waals surface area contributed by atoms with Crippen LogP contribution in [0.1, 0.15) is 102 Å². The van der Waals surface area contributed by atoms with Crippen molar-refractivity contribution in [3.63, 3.8) is 0 Å². The molecule has 0 aromatic heterocycles. The van der Waals surface area contributed by atoms with Crippen LogP contribution in [0.15, 0.2) is 25.3 Å². The van der Waals surface area contributed by atoms with Gasteiger partial charge in [0.2, 0.25) is 0 Å². The molecular formula is C26H42O2. The van der Waals surface area contributed by atoms with Crippen molar-refractivity contribution in [2.45, 2.75) is 90.9 Å². The summed E-state index contributed by atoms with van der Waals surface area (Å²) in [5.41, 5.74) is 1.97. The first-order valence-corrected chi connectivity index (χ1v) is 11.4. The lowest BCUT2D eigenvalue weighted by atomic mass is 10.1. The second-order valence-electron chi connectivity index (χ2n) is 7.57. The second kappa shape index (κ2) is 16.3. The van der Waals surface area contributed by atoms with Crippen molar-refractivity contribution in [3.05, 3.63) is 36.4 Å². The van der Waals surface area contributed by atoms with Gasteiger partial charge < -0.3 is 9.47 Å². The fourth-order valence-corrected chi connectivity index (χ4v) is 3.33. The maximum atomic E-state index is 6.09. The van der Waals surface area contributed by atoms with Gasteiger partial charge >= 0.3 is 0 Å². The fourth-order valence-electron chi connectivity index (χ4n) is 3.33. The van der Waals surface area contributed by atoms with E-state index in [0.29, 0.717) is 0 Å². The molecule has 0 atom stereocenters. The summed E-state index contributed by atoms with van der Waals surface area (Å²) in [6, 6.07) is 4.07. The monoisotopic (exact) mass is 386 g/mol. The Morgan fingerprint density at radius 2 is 1.07 bits per heavy atom. The standard InChI is InChI=1S/C26H42O2/c1-5-9-11-13-15-17-19-27-25-21-23(7-3)26(24(8-4)22-25)28-20-18-16-14-12-10-6-2/h7-8,21-22H,3-6,9-20H2,1-2H3. The van der Waals surface area contributed by atoms with Crippen molar-refractivity contribution in [1.29, 1.82) is 0 Å². The van der Waals surface area contributed by atoms with Gasteiger partial charge in [-0.3, -0.25) is 0 Å². The Morgan fingerprint density at radius 3 is 1.54 bits per heavy atom. The maximum Gasteiger partial charge on any atom is 0.133 e. The van der Waals surface area contributed by atoms with E-state index in [4.69, 9.17) is 9.47 Å². The van der Waals surface area contributed by atoms with Crippen LogP contribution in [0.5, 0.6) is 11.5 Å². The average molecular weight is 387 g/mol. The molecule has 0 aliphatic carbocycles. The largest absolute Gasteiger partial charge is 0.494 e. The number of ether oxygens (including phenoxy) is 2. The Bertz CT molecular complexity index is 518. The smallest absolute Gasteiger partial charge is 0.133 e. The molecule has 0 N–H and O–H groups in total. The summed E-state index contributed by atoms with van der Waals surface area (Å²) in [6.07, 6.45) is 18.9. The molecule has 158 valence electrons. The van der Waals surface area contributed by atoms with Crippen LogP contribution in [0.25, 0.3) is 12.2 Å². The van der Waals surface area contributed by atoms with E-state index >= 15 is 0 Å². The van der Waals surface area contributed by atoms with E-state index in [9.17, 15) is 0 Å². The third kappa shape index (κ3) is 10.0. The van der Waals surface area contributed by atoms with Gasteiger partial charge in [-0.15, -0.1) is 0 Å². The fraction of sp³-hybridized carbons (Fsp3) is 0.615. The SMILES string of the molecule is C=Cc1cc(OCCCCCCCC)cc(C=C)c1OCCCCCCCC. The predicted octanol–water partition coefficient (Wildman–Crippen LogP) is 8.45. The predicted molar refractivity (Wildman–Crippen MR) is 124 cm³/mol. The highest BCUT2D eigenvalue weighted by atomic mass is 16.5. The van der Waals surface area contributed by atoms with Crippen molar-refractivity contribution >= 4 is 12.2 Å². The second-order valence-corrected chi connectivity index (χ2v) is 7.57. The normalized spacial score (nSPS) is 10.6. The molecule has 1 aromatic carbocycles. The van der Waals surface area contributed by atoms with Gasteiger partial charge in [0.15, 0.2) is 0 Å². The molecule has 0 spiro atoms. The number of unbranched alkanes of at least 4 members (excludes halogenated alkanes) is 10. The zero-order valence-electron chi connectivity index (χ0n) is 18.4. The van der Waals surface area contributed by atoms with Gasteiger partial charge in [-0.25, -0.2) is 0 Å². The van der Waals surface area contributed by atoms with Crippen molar-refractivity contribution < 1.29 is 9.47 Å². The molecular weight excluding hydrogens is 344 g/mol. The summed E-state index contributed by atoms with van der Waals surface area (Å²) in [7, 11) is 0. The Hall–Kier alpha value is -1.70. The molecule has 2 heteroatoms. The van der Waals surface area contributed by atoms with Crippen LogP contribution in [-0.2, 0) is 0 Å². The summed E-state index contributed by atoms with van der Waals surface area (Å²) in [5.74, 6) is 1.76. The van der Waals surface area contributed by atoms with Gasteiger partial charge in [0.25, 0.3) is 0 Å². The summed E-state index contributed by atoms with van der Waals surface area (Å²) in [4.78, 5) is 0. The molecule has 0 radical (unpaired) electrons. The van der Waals surface area contributed by atoms with Crippen LogP contribution < -0.4 is 9.47 Å². The Kier molecular flexibility index (Phi) is 14.1. The van der Waals surface area contributed by atoms with Crippen molar-refractivity contribution in [3.8, 4) is 11.5 Å². The van der Waals surface area contributed by atoms with Crippen LogP contribution in [-0.4, -0.2) is 13.2 Å². The highest BCUT2D eigenvalue weighted by molar-refractivity contribution is 5.68. The number of benzene rings is 1. The molecule has 1 aromatic rings. The molecule has 1 rings (SSSR count). The molecule has 28 heavy (non-hydrogen) atoms. The van der Waals surface area contributed by atoms with Gasteiger partial charge in [-0.2, -0.15) is 0 Å². The molecule has 0 heterocycles. The van der Waals surface area contributed by atoms with Crippen LogP contribution in [0.4, 0.5) is 0 Å². The van der Waals surface area contributed by atoms with Gasteiger partial charge in [0, 0.05) is 11.1 Å². The third-order valence-electron chi connectivity index (χ3n) is 5.07. The minimum Gasteiger partial charge on any atom is -0.494 e. The zero-order valence-corrected chi connectivity index (χ0v) is 18.4. The van der Waals surface area contributed by atoms with Crippen LogP contribution in [0.3, 0.4) is 0 Å². The summed E-state index contributed by atoms with van der Waals surface area (Å²) in [5, 5.41) is 0. The van der Waals surface area contributed by atoms with E-state index < -0.39 is 0 Å². The minimum absolute atomic E-state index is 0.742. The third-order valence-corrected chi connectivity index (χ3v) is 5.07. The minimum atomic E-state index is 0.742. The first kappa shape index (κ1) is 24.3. The Balaban J connectivity index is 2.48. The summed E-state index contributed by atoms with van der Waals surface area (Å²) >= 11 is 0. The molecule has 0 fully saturated rings. The molecule has 2 nitrogen and oxygen atoms in total. The van der Waals surface area contributed by atoms with E-state index in [1.807, 2.05) is 24.3 Å². The first-order chi connectivity index (χ1) is 13.8. The Morgan fingerprint density at radius 1 is 0.643 bits per heavy atom. The van der Waals surface area contributed by atoms with Gasteiger partial charge in [0.05, 0.1) is 13.2 Å². The lowest BCUT2D eigenvalue weighted by Gasteiger charge is -2.15. The summed E-state index contributed by atoms with van der Waals surface area (Å²) < 4.78 is 12.1. The Labute approximate surface area is 174 Å². The number of hydrogen-bond acceptors (Lipinski definition) is 2. The van der Waals surface area contributed by atoms with Crippen molar-refractivity contribution in [2.75, 3.05) is 13.2 Å². The molecule has 0 unspecified atom stereocenters. The first-order valence-electron chi connectivity index (χ1n) is 11.4. The molecule has 0 aliphatic rings. The number of rotatable bonds is 18. The molecule has 0 amide bonds. The molecule has 0 saturated carbocycles. The van der Waals surface area contributed by atoms with Crippen LogP contribution in [0.2, 0.25) is 0 Å². The number of hydrogen-bond donors (Lipinski definition) is 0. The summed E-state index contributed by atoms with van der Waals surface area (Å²) in [6.45, 7) is 13.9. The highest BCUT2D eigenvalue weighted by Gasteiger charge is 2.10. The maximum absolute atomic E-state index is 6.09. The molecule has 0 aliphatic heterocycles. The topological polar surface area (TPSA) is 18.5 Å². The van der Waals surface area contributed by atoms with Gasteiger partial charge in [-0.1, -0.05) is 103 Å². The zero-order chi connectivity index (χ0) is 20.5. The molecule has 0 saturated heterocycles. The lowest BCUT2D eigenvalue weighted by molar-refractivity contribution is 0.295.